The van der Waals surface area contributed by atoms with Crippen LogP contribution < -0.4 is 15.5 Å². The molecule has 2 aliphatic rings. The van der Waals surface area contributed by atoms with Gasteiger partial charge in [-0.2, -0.15) is 10.6 Å². The Morgan fingerprint density at radius 2 is 1.87 bits per heavy atom. The third kappa shape index (κ3) is 3.64. The minimum Gasteiger partial charge on any atom is -0.390 e. The van der Waals surface area contributed by atoms with Crippen LogP contribution in [0.25, 0.3) is 10.9 Å². The topological polar surface area (TPSA) is 106 Å². The van der Waals surface area contributed by atoms with Crippen LogP contribution in [-0.4, -0.2) is 56.7 Å². The fourth-order valence-corrected chi connectivity index (χ4v) is 6.12. The molecule has 0 aliphatic carbocycles. The van der Waals surface area contributed by atoms with Crippen molar-refractivity contribution in [3.8, 4) is 0 Å². The van der Waals surface area contributed by atoms with Crippen LogP contribution in [0.1, 0.15) is 11.1 Å². The summed E-state index contributed by atoms with van der Waals surface area (Å²) >= 11 is 0. The van der Waals surface area contributed by atoms with Crippen molar-refractivity contribution >= 4 is 33.0 Å². The average molecular weight is 441 g/mol. The van der Waals surface area contributed by atoms with Gasteiger partial charge in [-0.3, -0.25) is 9.11 Å². The highest BCUT2D eigenvalue weighted by Crippen LogP contribution is 2.51. The van der Waals surface area contributed by atoms with Crippen molar-refractivity contribution in [2.24, 2.45) is 5.73 Å². The lowest BCUT2D eigenvalue weighted by molar-refractivity contribution is 0.180. The van der Waals surface area contributed by atoms with Crippen LogP contribution in [-0.2, 0) is 6.54 Å². The van der Waals surface area contributed by atoms with Crippen LogP contribution in [0.4, 0.5) is 11.5 Å². The SMILES string of the molecule is Cc1cccc2c(N3CC(N)C(O)C3)cc(N3CCS(O)(O)c4ccccc4C3)nc12. The van der Waals surface area contributed by atoms with Gasteiger partial charge in [-0.1, -0.05) is 36.4 Å². The molecule has 0 saturated carbocycles. The number of para-hydroxylation sites is 1. The van der Waals surface area contributed by atoms with Crippen molar-refractivity contribution in [2.75, 3.05) is 35.2 Å². The molecule has 0 bridgehead atoms. The van der Waals surface area contributed by atoms with Crippen LogP contribution in [0, 0.1) is 6.92 Å². The number of pyridine rings is 1. The van der Waals surface area contributed by atoms with Crippen LogP contribution in [0.3, 0.4) is 0 Å². The summed E-state index contributed by atoms with van der Waals surface area (Å²) in [5, 5.41) is 11.3. The van der Waals surface area contributed by atoms with Gasteiger partial charge in [0.2, 0.25) is 0 Å². The Morgan fingerprint density at radius 3 is 2.65 bits per heavy atom. The maximum Gasteiger partial charge on any atom is 0.131 e. The van der Waals surface area contributed by atoms with Crippen molar-refractivity contribution in [3.63, 3.8) is 0 Å². The number of β-amino-alcohol motifs (C(OH)–C–C–N with tert-alkyl or cyclic N) is 1. The molecule has 0 spiro atoms. The summed E-state index contributed by atoms with van der Waals surface area (Å²) in [6.07, 6.45) is -0.561. The van der Waals surface area contributed by atoms with E-state index in [0.717, 1.165) is 33.5 Å². The molecule has 8 heteroatoms. The Hall–Kier alpha value is -2.36. The molecule has 2 unspecified atom stereocenters. The third-order valence-electron chi connectivity index (χ3n) is 6.34. The Morgan fingerprint density at radius 1 is 1.06 bits per heavy atom. The van der Waals surface area contributed by atoms with Gasteiger partial charge in [0.1, 0.15) is 5.82 Å². The minimum atomic E-state index is -2.84. The molecule has 1 aromatic heterocycles. The molecule has 2 aromatic carbocycles. The lowest BCUT2D eigenvalue weighted by Crippen LogP contribution is -2.32. The molecule has 5 rings (SSSR count). The summed E-state index contributed by atoms with van der Waals surface area (Å²) < 4.78 is 21.4. The van der Waals surface area contributed by atoms with E-state index in [-0.39, 0.29) is 11.8 Å². The fourth-order valence-electron chi connectivity index (χ4n) is 4.57. The van der Waals surface area contributed by atoms with Crippen molar-refractivity contribution in [1.29, 1.82) is 0 Å². The summed E-state index contributed by atoms with van der Waals surface area (Å²) in [4.78, 5) is 9.85. The second-order valence-electron chi connectivity index (χ2n) is 8.51. The van der Waals surface area contributed by atoms with Gasteiger partial charge < -0.3 is 20.6 Å². The largest absolute Gasteiger partial charge is 0.390 e. The first kappa shape index (κ1) is 20.5. The number of aliphatic hydroxyl groups is 1. The molecule has 31 heavy (non-hydrogen) atoms. The Kier molecular flexibility index (Phi) is 5.07. The molecule has 3 heterocycles. The summed E-state index contributed by atoms with van der Waals surface area (Å²) in [7, 11) is -2.84. The Balaban J connectivity index is 1.62. The number of rotatable bonds is 2. The molecule has 1 saturated heterocycles. The van der Waals surface area contributed by atoms with E-state index in [1.807, 2.05) is 49.4 Å². The standard InChI is InChI=1S/C23H28N4O3S/c1-15-5-4-7-17-19(27-13-18(24)20(28)14-27)11-22(25-23(15)17)26-9-10-31(29,30)21-8-3-2-6-16(21)12-26/h2-8,11,18,20,28-30H,9-10,12-14,24H2,1H3. The third-order valence-corrected chi connectivity index (χ3v) is 8.19. The van der Waals surface area contributed by atoms with Crippen LogP contribution in [0.5, 0.6) is 0 Å². The van der Waals surface area contributed by atoms with Gasteiger partial charge >= 0.3 is 0 Å². The van der Waals surface area contributed by atoms with E-state index >= 15 is 0 Å². The fraction of sp³-hybridized carbons (Fsp3) is 0.348. The van der Waals surface area contributed by atoms with E-state index in [1.54, 1.807) is 0 Å². The van der Waals surface area contributed by atoms with Gasteiger partial charge in [0, 0.05) is 49.4 Å². The van der Waals surface area contributed by atoms with E-state index in [0.29, 0.717) is 31.1 Å². The maximum atomic E-state index is 10.7. The first-order valence-electron chi connectivity index (χ1n) is 10.5. The predicted octanol–water partition coefficient (Wildman–Crippen LogP) is 3.18. The smallest absolute Gasteiger partial charge is 0.131 e. The first-order chi connectivity index (χ1) is 14.8. The van der Waals surface area contributed by atoms with Crippen LogP contribution in [0.2, 0.25) is 0 Å². The molecule has 5 N–H and O–H groups in total. The number of hydrogen-bond acceptors (Lipinski definition) is 7. The average Bonchev–Trinajstić information content (AvgIpc) is 3.01. The van der Waals surface area contributed by atoms with Gasteiger partial charge in [0.15, 0.2) is 0 Å². The minimum absolute atomic E-state index is 0.264. The molecule has 1 fully saturated rings. The quantitative estimate of drug-likeness (QED) is 0.485. The zero-order valence-electron chi connectivity index (χ0n) is 17.5. The number of aliphatic hydroxyl groups excluding tert-OH is 1. The van der Waals surface area contributed by atoms with E-state index in [2.05, 4.69) is 15.9 Å². The summed E-state index contributed by atoms with van der Waals surface area (Å²) in [6, 6.07) is 15.4. The lowest BCUT2D eigenvalue weighted by atomic mass is 10.1. The number of hydrogen-bond donors (Lipinski definition) is 4. The van der Waals surface area contributed by atoms with Crippen molar-refractivity contribution in [1.82, 2.24) is 4.98 Å². The van der Waals surface area contributed by atoms with Crippen molar-refractivity contribution in [2.45, 2.75) is 30.5 Å². The Bertz CT molecular complexity index is 1130. The lowest BCUT2D eigenvalue weighted by Gasteiger charge is -2.32. The second-order valence-corrected chi connectivity index (χ2v) is 10.7. The van der Waals surface area contributed by atoms with E-state index in [9.17, 15) is 14.2 Å². The molecule has 2 atom stereocenters. The number of nitrogens with two attached hydrogens (primary N) is 1. The molecular weight excluding hydrogens is 412 g/mol. The molecule has 3 aromatic rings. The highest BCUT2D eigenvalue weighted by Gasteiger charge is 2.31. The zero-order valence-corrected chi connectivity index (χ0v) is 18.3. The zero-order chi connectivity index (χ0) is 21.8. The van der Waals surface area contributed by atoms with Gasteiger partial charge in [-0.15, -0.1) is 0 Å². The van der Waals surface area contributed by atoms with E-state index < -0.39 is 16.7 Å². The maximum absolute atomic E-state index is 10.7. The molecule has 2 aliphatic heterocycles. The van der Waals surface area contributed by atoms with Gasteiger partial charge in [0.05, 0.1) is 22.3 Å². The second kappa shape index (κ2) is 7.65. The van der Waals surface area contributed by atoms with Gasteiger partial charge in [0.25, 0.3) is 0 Å². The number of fused-ring (bicyclic) bond motifs is 2. The molecule has 164 valence electrons. The number of anilines is 2. The highest BCUT2D eigenvalue weighted by molar-refractivity contribution is 8.24. The van der Waals surface area contributed by atoms with E-state index in [4.69, 9.17) is 10.7 Å². The number of benzene rings is 2. The Labute approximate surface area is 183 Å². The summed E-state index contributed by atoms with van der Waals surface area (Å²) in [6.45, 7) is 4.15. The summed E-state index contributed by atoms with van der Waals surface area (Å²) in [5.74, 6) is 1.05. The molecule has 0 radical (unpaired) electrons. The number of aromatic nitrogens is 1. The number of aryl methyl sites for hydroxylation is 1. The predicted molar refractivity (Wildman–Crippen MR) is 126 cm³/mol. The van der Waals surface area contributed by atoms with Crippen molar-refractivity contribution in [3.05, 3.63) is 59.7 Å². The van der Waals surface area contributed by atoms with Crippen LogP contribution >= 0.6 is 10.6 Å². The van der Waals surface area contributed by atoms with Gasteiger partial charge in [-0.05, 0) is 24.1 Å². The van der Waals surface area contributed by atoms with Gasteiger partial charge in [-0.25, -0.2) is 4.98 Å². The highest BCUT2D eigenvalue weighted by atomic mass is 32.3. The molecule has 7 nitrogen and oxygen atoms in total. The summed E-state index contributed by atoms with van der Waals surface area (Å²) in [5.41, 5.74) is 9.99. The van der Waals surface area contributed by atoms with Crippen LogP contribution in [0.15, 0.2) is 53.4 Å². The first-order valence-corrected chi connectivity index (χ1v) is 12.2. The van der Waals surface area contributed by atoms with E-state index in [1.165, 1.54) is 0 Å². The number of nitrogens with zero attached hydrogens (tertiary/aromatic N) is 3. The monoisotopic (exact) mass is 440 g/mol. The molecule has 0 amide bonds. The normalized spacial score (nSPS) is 24.2. The molecular formula is C23H28N4O3S. The van der Waals surface area contributed by atoms with Crippen molar-refractivity contribution < 1.29 is 14.2 Å².